The summed E-state index contributed by atoms with van der Waals surface area (Å²) in [5.41, 5.74) is 2.83. The van der Waals surface area contributed by atoms with Crippen LogP contribution in [0.1, 0.15) is 31.2 Å². The van der Waals surface area contributed by atoms with Gasteiger partial charge >= 0.3 is 0 Å². The van der Waals surface area contributed by atoms with Crippen LogP contribution in [-0.4, -0.2) is 33.4 Å². The van der Waals surface area contributed by atoms with Crippen LogP contribution in [0.5, 0.6) is 0 Å². The van der Waals surface area contributed by atoms with Crippen LogP contribution < -0.4 is 5.32 Å². The van der Waals surface area contributed by atoms with Gasteiger partial charge in [-0.15, -0.1) is 10.2 Å². The number of aromatic nitrogens is 3. The Bertz CT molecular complexity index is 1220. The SMILES string of the molecule is CCC[C@@H](CNC(=O)CSc1nnc(-c2c[nH]c3ccccc23)o1)c1ccc(Cl)cc1Cl. The van der Waals surface area contributed by atoms with Gasteiger partial charge in [0.05, 0.1) is 11.3 Å². The average Bonchev–Trinajstić information content (AvgIpc) is 3.42. The summed E-state index contributed by atoms with van der Waals surface area (Å²) >= 11 is 13.6. The van der Waals surface area contributed by atoms with Crippen molar-refractivity contribution < 1.29 is 9.21 Å². The zero-order chi connectivity index (χ0) is 22.5. The molecule has 1 atom stereocenters. The van der Waals surface area contributed by atoms with Gasteiger partial charge in [-0.3, -0.25) is 4.79 Å². The van der Waals surface area contributed by atoms with Crippen LogP contribution >= 0.6 is 35.0 Å². The number of carbonyl (C=O) groups excluding carboxylic acids is 1. The summed E-state index contributed by atoms with van der Waals surface area (Å²) in [5, 5.41) is 13.8. The fourth-order valence-electron chi connectivity index (χ4n) is 3.59. The van der Waals surface area contributed by atoms with Crippen molar-refractivity contribution >= 4 is 51.8 Å². The van der Waals surface area contributed by atoms with E-state index in [1.54, 1.807) is 6.07 Å². The highest BCUT2D eigenvalue weighted by Crippen LogP contribution is 2.31. The summed E-state index contributed by atoms with van der Waals surface area (Å²) in [5.74, 6) is 0.622. The fraction of sp³-hybridized carbons (Fsp3) is 0.261. The van der Waals surface area contributed by atoms with E-state index in [4.69, 9.17) is 27.6 Å². The minimum atomic E-state index is -0.104. The minimum absolute atomic E-state index is 0.104. The van der Waals surface area contributed by atoms with Crippen molar-refractivity contribution in [2.45, 2.75) is 30.9 Å². The summed E-state index contributed by atoms with van der Waals surface area (Å²) in [6.45, 7) is 2.61. The molecule has 2 N–H and O–H groups in total. The van der Waals surface area contributed by atoms with Crippen molar-refractivity contribution in [3.8, 4) is 11.5 Å². The van der Waals surface area contributed by atoms with Crippen molar-refractivity contribution in [3.05, 3.63) is 64.3 Å². The lowest BCUT2D eigenvalue weighted by Crippen LogP contribution is -2.30. The number of carbonyl (C=O) groups is 1. The Morgan fingerprint density at radius 1 is 1.22 bits per heavy atom. The summed E-state index contributed by atoms with van der Waals surface area (Å²) in [6.07, 6.45) is 3.73. The highest BCUT2D eigenvalue weighted by Gasteiger charge is 2.17. The second kappa shape index (κ2) is 10.4. The predicted molar refractivity (Wildman–Crippen MR) is 129 cm³/mol. The predicted octanol–water partition coefficient (Wildman–Crippen LogP) is 6.32. The number of aromatic amines is 1. The zero-order valence-corrected chi connectivity index (χ0v) is 19.7. The quantitative estimate of drug-likeness (QED) is 0.269. The van der Waals surface area contributed by atoms with Gasteiger partial charge in [0, 0.05) is 39.6 Å². The van der Waals surface area contributed by atoms with Crippen molar-refractivity contribution in [3.63, 3.8) is 0 Å². The number of para-hydroxylation sites is 1. The monoisotopic (exact) mass is 488 g/mol. The molecule has 0 fully saturated rings. The second-order valence-corrected chi connectivity index (χ2v) is 9.14. The lowest BCUT2D eigenvalue weighted by molar-refractivity contribution is -0.118. The molecule has 0 spiro atoms. The number of rotatable bonds is 9. The van der Waals surface area contributed by atoms with Crippen molar-refractivity contribution in [1.29, 1.82) is 0 Å². The number of nitrogens with one attached hydrogen (secondary N) is 2. The van der Waals surface area contributed by atoms with Crippen LogP contribution in [0.2, 0.25) is 10.0 Å². The molecule has 166 valence electrons. The van der Waals surface area contributed by atoms with Gasteiger partial charge in [-0.2, -0.15) is 0 Å². The number of hydrogen-bond donors (Lipinski definition) is 2. The summed E-state index contributed by atoms with van der Waals surface area (Å²) < 4.78 is 5.76. The molecule has 0 radical (unpaired) electrons. The van der Waals surface area contributed by atoms with E-state index in [0.717, 1.165) is 34.9 Å². The van der Waals surface area contributed by atoms with Crippen LogP contribution in [0.4, 0.5) is 0 Å². The van der Waals surface area contributed by atoms with Gasteiger partial charge in [0.1, 0.15) is 0 Å². The Labute approximate surface area is 200 Å². The molecule has 2 aromatic carbocycles. The van der Waals surface area contributed by atoms with Crippen LogP contribution in [0.15, 0.2) is 58.3 Å². The number of H-pyrrole nitrogens is 1. The van der Waals surface area contributed by atoms with E-state index in [9.17, 15) is 4.79 Å². The molecule has 1 amide bonds. The minimum Gasteiger partial charge on any atom is -0.411 e. The number of fused-ring (bicyclic) bond motifs is 1. The molecule has 0 aliphatic rings. The van der Waals surface area contributed by atoms with Crippen LogP contribution in [0, 0.1) is 0 Å². The lowest BCUT2D eigenvalue weighted by Gasteiger charge is -2.19. The normalized spacial score (nSPS) is 12.2. The molecule has 9 heteroatoms. The third-order valence-electron chi connectivity index (χ3n) is 5.14. The maximum atomic E-state index is 12.4. The van der Waals surface area contributed by atoms with Crippen LogP contribution in [0.3, 0.4) is 0 Å². The standard InChI is InChI=1S/C23H22Cl2N4O2S/c1-2-5-14(16-9-8-15(24)10-19(16)25)11-27-21(30)13-32-23-29-28-22(31-23)18-12-26-20-7-4-3-6-17(18)20/h3-4,6-10,12,14,26H,2,5,11,13H2,1H3,(H,27,30)/t14-/m0/s1. The number of amides is 1. The van der Waals surface area contributed by atoms with Crippen molar-refractivity contribution in [1.82, 2.24) is 20.5 Å². The fourth-order valence-corrected chi connectivity index (χ4v) is 4.75. The molecule has 0 aliphatic heterocycles. The molecule has 2 heterocycles. The Morgan fingerprint density at radius 2 is 2.06 bits per heavy atom. The molecular formula is C23H22Cl2N4O2S. The third-order valence-corrected chi connectivity index (χ3v) is 6.52. The Morgan fingerprint density at radius 3 is 2.88 bits per heavy atom. The van der Waals surface area contributed by atoms with Crippen LogP contribution in [0.25, 0.3) is 22.4 Å². The number of thioether (sulfide) groups is 1. The van der Waals surface area contributed by atoms with Crippen molar-refractivity contribution in [2.75, 3.05) is 12.3 Å². The summed E-state index contributed by atoms with van der Waals surface area (Å²) in [4.78, 5) is 15.6. The lowest BCUT2D eigenvalue weighted by atomic mass is 9.94. The molecule has 0 unspecified atom stereocenters. The van der Waals surface area contributed by atoms with Gasteiger partial charge in [-0.1, -0.05) is 72.6 Å². The van der Waals surface area contributed by atoms with Gasteiger partial charge in [0.2, 0.25) is 5.91 Å². The maximum absolute atomic E-state index is 12.4. The molecule has 4 rings (SSSR count). The highest BCUT2D eigenvalue weighted by molar-refractivity contribution is 7.99. The van der Waals surface area contributed by atoms with Gasteiger partial charge < -0.3 is 14.7 Å². The van der Waals surface area contributed by atoms with E-state index in [2.05, 4.69) is 27.4 Å². The van der Waals surface area contributed by atoms with Gasteiger partial charge in [-0.25, -0.2) is 0 Å². The summed E-state index contributed by atoms with van der Waals surface area (Å²) in [7, 11) is 0. The Balaban J connectivity index is 1.34. The van der Waals surface area contributed by atoms with E-state index in [0.29, 0.717) is 27.7 Å². The smallest absolute Gasteiger partial charge is 0.277 e. The number of hydrogen-bond acceptors (Lipinski definition) is 5. The van der Waals surface area contributed by atoms with E-state index in [-0.39, 0.29) is 17.6 Å². The molecular weight excluding hydrogens is 467 g/mol. The van der Waals surface area contributed by atoms with E-state index in [1.807, 2.05) is 42.6 Å². The number of halogens is 2. The first-order valence-corrected chi connectivity index (χ1v) is 12.0. The van der Waals surface area contributed by atoms with Gasteiger partial charge in [0.25, 0.3) is 11.1 Å². The third kappa shape index (κ3) is 5.28. The molecule has 6 nitrogen and oxygen atoms in total. The Hall–Kier alpha value is -2.48. The first-order valence-electron chi connectivity index (χ1n) is 10.3. The Kier molecular flexibility index (Phi) is 7.40. The van der Waals surface area contributed by atoms with Crippen LogP contribution in [-0.2, 0) is 4.79 Å². The molecule has 2 aromatic heterocycles. The molecule has 0 bridgehead atoms. The highest BCUT2D eigenvalue weighted by atomic mass is 35.5. The average molecular weight is 489 g/mol. The topological polar surface area (TPSA) is 83.8 Å². The first kappa shape index (κ1) is 22.7. The van der Waals surface area contributed by atoms with E-state index in [1.165, 1.54) is 11.8 Å². The van der Waals surface area contributed by atoms with E-state index < -0.39 is 0 Å². The van der Waals surface area contributed by atoms with Crippen molar-refractivity contribution in [2.24, 2.45) is 0 Å². The van der Waals surface area contributed by atoms with E-state index >= 15 is 0 Å². The molecule has 0 saturated heterocycles. The largest absolute Gasteiger partial charge is 0.411 e. The number of nitrogens with zero attached hydrogens (tertiary/aromatic N) is 2. The molecule has 32 heavy (non-hydrogen) atoms. The zero-order valence-electron chi connectivity index (χ0n) is 17.4. The number of benzene rings is 2. The summed E-state index contributed by atoms with van der Waals surface area (Å²) in [6, 6.07) is 13.4. The van der Waals surface area contributed by atoms with Gasteiger partial charge in [0.15, 0.2) is 0 Å². The second-order valence-electron chi connectivity index (χ2n) is 7.37. The first-order chi connectivity index (χ1) is 15.5. The molecule has 4 aromatic rings. The maximum Gasteiger partial charge on any atom is 0.277 e. The van der Waals surface area contributed by atoms with Gasteiger partial charge in [-0.05, 0) is 30.2 Å². The molecule has 0 aliphatic carbocycles. The molecule has 0 saturated carbocycles.